The summed E-state index contributed by atoms with van der Waals surface area (Å²) < 4.78 is 0. The summed E-state index contributed by atoms with van der Waals surface area (Å²) in [5.41, 5.74) is 0. The zero-order valence-electron chi connectivity index (χ0n) is 9.64. The minimum Gasteiger partial charge on any atom is -0.481 e. The molecule has 0 aliphatic carbocycles. The van der Waals surface area contributed by atoms with Crippen molar-refractivity contribution in [3.63, 3.8) is 0 Å². The van der Waals surface area contributed by atoms with Gasteiger partial charge in [0.05, 0.1) is 5.92 Å². The minimum atomic E-state index is -0.709. The molecule has 0 fully saturated rings. The molecule has 0 bridgehead atoms. The average Bonchev–Trinajstić information content (AvgIpc) is 2.26. The first kappa shape index (κ1) is 14.4. The van der Waals surface area contributed by atoms with E-state index in [0.29, 0.717) is 12.8 Å². The SMILES string of the molecule is C=C/C=C/CCC(CC/C=C/C=C)C(=O)O. The number of hydrogen-bond acceptors (Lipinski definition) is 1. The van der Waals surface area contributed by atoms with E-state index in [1.54, 1.807) is 12.2 Å². The molecule has 0 heterocycles. The normalized spacial score (nSPS) is 11.3. The van der Waals surface area contributed by atoms with Crippen LogP contribution >= 0.6 is 0 Å². The summed E-state index contributed by atoms with van der Waals surface area (Å²) in [5.74, 6) is -0.970. The number of carboxylic acid groups (broad SMARTS) is 1. The van der Waals surface area contributed by atoms with Crippen LogP contribution in [-0.2, 0) is 4.79 Å². The third-order valence-electron chi connectivity index (χ3n) is 2.26. The summed E-state index contributed by atoms with van der Waals surface area (Å²) in [7, 11) is 0. The molecule has 0 aliphatic heterocycles. The van der Waals surface area contributed by atoms with Gasteiger partial charge in [-0.1, -0.05) is 49.6 Å². The van der Waals surface area contributed by atoms with Crippen molar-refractivity contribution < 1.29 is 9.90 Å². The van der Waals surface area contributed by atoms with Crippen molar-refractivity contribution in [2.45, 2.75) is 25.7 Å². The van der Waals surface area contributed by atoms with Gasteiger partial charge in [-0.3, -0.25) is 4.79 Å². The summed E-state index contributed by atoms with van der Waals surface area (Å²) in [4.78, 5) is 10.9. The van der Waals surface area contributed by atoms with Gasteiger partial charge in [0.2, 0.25) is 0 Å². The van der Waals surface area contributed by atoms with E-state index >= 15 is 0 Å². The Hall–Kier alpha value is -1.57. The van der Waals surface area contributed by atoms with Crippen molar-refractivity contribution >= 4 is 5.97 Å². The fourth-order valence-electron chi connectivity index (χ4n) is 1.37. The zero-order chi connectivity index (χ0) is 12.2. The second kappa shape index (κ2) is 9.97. The van der Waals surface area contributed by atoms with Crippen LogP contribution in [0.4, 0.5) is 0 Å². The fourth-order valence-corrected chi connectivity index (χ4v) is 1.37. The second-order valence-corrected chi connectivity index (χ2v) is 3.52. The van der Waals surface area contributed by atoms with Gasteiger partial charge in [0, 0.05) is 0 Å². The van der Waals surface area contributed by atoms with Crippen LogP contribution in [0.15, 0.2) is 49.6 Å². The van der Waals surface area contributed by atoms with Crippen LogP contribution in [0.25, 0.3) is 0 Å². The molecule has 0 aromatic carbocycles. The van der Waals surface area contributed by atoms with Crippen LogP contribution in [-0.4, -0.2) is 11.1 Å². The topological polar surface area (TPSA) is 37.3 Å². The lowest BCUT2D eigenvalue weighted by atomic mass is 9.97. The number of hydrogen-bond donors (Lipinski definition) is 1. The summed E-state index contributed by atoms with van der Waals surface area (Å²) in [6.07, 6.45) is 13.9. The molecule has 0 saturated heterocycles. The Morgan fingerprint density at radius 1 is 1.06 bits per heavy atom. The van der Waals surface area contributed by atoms with Crippen LogP contribution in [0.1, 0.15) is 25.7 Å². The van der Waals surface area contributed by atoms with Crippen molar-refractivity contribution in [1.29, 1.82) is 0 Å². The Morgan fingerprint density at radius 3 is 1.81 bits per heavy atom. The Kier molecular flexibility index (Phi) is 8.99. The largest absolute Gasteiger partial charge is 0.481 e. The van der Waals surface area contributed by atoms with E-state index in [-0.39, 0.29) is 5.92 Å². The van der Waals surface area contributed by atoms with Gasteiger partial charge in [-0.2, -0.15) is 0 Å². The van der Waals surface area contributed by atoms with Gasteiger partial charge < -0.3 is 5.11 Å². The number of allylic oxidation sites excluding steroid dienone is 6. The Bertz CT molecular complexity index is 252. The first-order chi connectivity index (χ1) is 7.72. The van der Waals surface area contributed by atoms with E-state index in [1.807, 2.05) is 24.3 Å². The lowest BCUT2D eigenvalue weighted by Gasteiger charge is -2.08. The van der Waals surface area contributed by atoms with E-state index < -0.39 is 5.97 Å². The zero-order valence-corrected chi connectivity index (χ0v) is 9.64. The number of carboxylic acids is 1. The second-order valence-electron chi connectivity index (χ2n) is 3.52. The van der Waals surface area contributed by atoms with Gasteiger partial charge in [0.25, 0.3) is 0 Å². The molecular weight excluding hydrogens is 200 g/mol. The van der Waals surface area contributed by atoms with Crippen molar-refractivity contribution in [1.82, 2.24) is 0 Å². The highest BCUT2D eigenvalue weighted by Gasteiger charge is 2.14. The molecule has 2 nitrogen and oxygen atoms in total. The van der Waals surface area contributed by atoms with E-state index in [2.05, 4.69) is 13.2 Å². The molecule has 0 amide bonds. The molecule has 0 saturated carbocycles. The van der Waals surface area contributed by atoms with Gasteiger partial charge in [-0.25, -0.2) is 0 Å². The minimum absolute atomic E-state index is 0.260. The van der Waals surface area contributed by atoms with E-state index in [9.17, 15) is 4.79 Å². The predicted octanol–water partition coefficient (Wildman–Crippen LogP) is 3.73. The quantitative estimate of drug-likeness (QED) is 0.601. The summed E-state index contributed by atoms with van der Waals surface area (Å²) in [6, 6.07) is 0. The highest BCUT2D eigenvalue weighted by molar-refractivity contribution is 5.69. The predicted molar refractivity (Wildman–Crippen MR) is 68.3 cm³/mol. The highest BCUT2D eigenvalue weighted by atomic mass is 16.4. The van der Waals surface area contributed by atoms with Crippen LogP contribution in [0.3, 0.4) is 0 Å². The molecule has 0 spiro atoms. The molecule has 0 aromatic heterocycles. The van der Waals surface area contributed by atoms with E-state index in [0.717, 1.165) is 12.8 Å². The van der Waals surface area contributed by atoms with Crippen molar-refractivity contribution in [2.24, 2.45) is 5.92 Å². The van der Waals surface area contributed by atoms with Gasteiger partial charge in [-0.05, 0) is 25.7 Å². The van der Waals surface area contributed by atoms with Gasteiger partial charge >= 0.3 is 5.97 Å². The average molecular weight is 220 g/mol. The fraction of sp³-hybridized carbons (Fsp3) is 0.357. The molecule has 0 radical (unpaired) electrons. The van der Waals surface area contributed by atoms with E-state index in [1.165, 1.54) is 0 Å². The third kappa shape index (κ3) is 7.80. The standard InChI is InChI=1S/C14H20O2/c1-3-5-7-9-11-13(14(15)16)12-10-8-6-4-2/h3-8,13H,1-2,9-12H2,(H,15,16)/b7-5+,8-6+. The summed E-state index contributed by atoms with van der Waals surface area (Å²) in [5, 5.41) is 9.00. The van der Waals surface area contributed by atoms with Crippen LogP contribution in [0.5, 0.6) is 0 Å². The molecule has 0 aliphatic rings. The summed E-state index contributed by atoms with van der Waals surface area (Å²) >= 11 is 0. The Morgan fingerprint density at radius 2 is 1.50 bits per heavy atom. The van der Waals surface area contributed by atoms with Gasteiger partial charge in [0.15, 0.2) is 0 Å². The Labute approximate surface area is 97.7 Å². The van der Waals surface area contributed by atoms with Crippen molar-refractivity contribution in [2.75, 3.05) is 0 Å². The maximum absolute atomic E-state index is 10.9. The molecule has 0 aromatic rings. The maximum atomic E-state index is 10.9. The number of aliphatic carboxylic acids is 1. The molecular formula is C14H20O2. The number of carbonyl (C=O) groups is 1. The van der Waals surface area contributed by atoms with Crippen LogP contribution in [0.2, 0.25) is 0 Å². The molecule has 1 N–H and O–H groups in total. The highest BCUT2D eigenvalue weighted by Crippen LogP contribution is 2.14. The van der Waals surface area contributed by atoms with Crippen LogP contribution < -0.4 is 0 Å². The monoisotopic (exact) mass is 220 g/mol. The molecule has 2 heteroatoms. The number of rotatable bonds is 9. The first-order valence-electron chi connectivity index (χ1n) is 5.50. The lowest BCUT2D eigenvalue weighted by molar-refractivity contribution is -0.142. The van der Waals surface area contributed by atoms with Crippen molar-refractivity contribution in [3.8, 4) is 0 Å². The van der Waals surface area contributed by atoms with Crippen LogP contribution in [0, 0.1) is 5.92 Å². The molecule has 0 rings (SSSR count). The maximum Gasteiger partial charge on any atom is 0.306 e. The first-order valence-corrected chi connectivity index (χ1v) is 5.50. The van der Waals surface area contributed by atoms with Gasteiger partial charge in [-0.15, -0.1) is 0 Å². The molecule has 88 valence electrons. The van der Waals surface area contributed by atoms with Gasteiger partial charge in [0.1, 0.15) is 0 Å². The molecule has 0 unspecified atom stereocenters. The van der Waals surface area contributed by atoms with E-state index in [4.69, 9.17) is 5.11 Å². The smallest absolute Gasteiger partial charge is 0.306 e. The summed E-state index contributed by atoms with van der Waals surface area (Å²) in [6.45, 7) is 7.12. The molecule has 0 atom stereocenters. The lowest BCUT2D eigenvalue weighted by Crippen LogP contribution is -2.12. The molecule has 16 heavy (non-hydrogen) atoms. The third-order valence-corrected chi connectivity index (χ3v) is 2.26. The Balaban J connectivity index is 3.92. The van der Waals surface area contributed by atoms with Crippen molar-refractivity contribution in [3.05, 3.63) is 49.6 Å².